The van der Waals surface area contributed by atoms with Crippen LogP contribution in [0.15, 0.2) is 21.3 Å². The van der Waals surface area contributed by atoms with E-state index >= 15 is 0 Å². The summed E-state index contributed by atoms with van der Waals surface area (Å²) in [6, 6.07) is 1.83. The molecule has 1 aromatic heterocycles. The van der Waals surface area contributed by atoms with Gasteiger partial charge >= 0.3 is 5.76 Å². The number of nitrogens with zero attached hydrogens (tertiary/aromatic N) is 2. The summed E-state index contributed by atoms with van der Waals surface area (Å²) in [5.41, 5.74) is 1.82. The maximum Gasteiger partial charge on any atom is 0.434 e. The Kier molecular flexibility index (Phi) is 7.16. The molecule has 0 radical (unpaired) electrons. The van der Waals surface area contributed by atoms with E-state index in [0.29, 0.717) is 24.0 Å². The summed E-state index contributed by atoms with van der Waals surface area (Å²) in [4.78, 5) is 23.4. The molecule has 1 saturated heterocycles. The second kappa shape index (κ2) is 9.51. The fourth-order valence-corrected chi connectivity index (χ4v) is 5.53. The largest absolute Gasteiger partial charge is 0.434 e. The number of aromatic nitrogens is 2. The van der Waals surface area contributed by atoms with Gasteiger partial charge in [0.05, 0.1) is 0 Å². The first-order valence-electron chi connectivity index (χ1n) is 10.3. The van der Waals surface area contributed by atoms with Crippen molar-refractivity contribution in [2.24, 2.45) is 5.92 Å². The summed E-state index contributed by atoms with van der Waals surface area (Å²) in [6.07, 6.45) is 0.758. The number of H-pyrrole nitrogens is 1. The molecule has 3 rings (SSSR count). The molecule has 12 heteroatoms. The molecule has 2 heterocycles. The number of hydrogen-bond acceptors (Lipinski definition) is 6. The van der Waals surface area contributed by atoms with Crippen LogP contribution in [0.1, 0.15) is 54.3 Å². The lowest BCUT2D eigenvalue weighted by Gasteiger charge is -2.32. The number of hydrogen-bond donors (Lipinski definition) is 3. The van der Waals surface area contributed by atoms with Crippen LogP contribution in [0.25, 0.3) is 0 Å². The average molecular weight is 470 g/mol. The van der Waals surface area contributed by atoms with Crippen LogP contribution in [0.3, 0.4) is 0 Å². The number of amides is 1. The molecule has 10 nitrogen and oxygen atoms in total. The van der Waals surface area contributed by atoms with Gasteiger partial charge in [-0.15, -0.1) is 5.10 Å². The Morgan fingerprint density at radius 2 is 1.97 bits per heavy atom. The summed E-state index contributed by atoms with van der Waals surface area (Å²) in [5.74, 6) is -2.63. The van der Waals surface area contributed by atoms with Gasteiger partial charge in [0.25, 0.3) is 10.2 Å². The van der Waals surface area contributed by atoms with Gasteiger partial charge in [-0.1, -0.05) is 13.0 Å². The van der Waals surface area contributed by atoms with Gasteiger partial charge in [0.1, 0.15) is 11.9 Å². The van der Waals surface area contributed by atoms with Gasteiger partial charge in [-0.05, 0) is 49.4 Å². The smallest absolute Gasteiger partial charge is 0.391 e. The van der Waals surface area contributed by atoms with Gasteiger partial charge in [-0.2, -0.15) is 17.4 Å². The summed E-state index contributed by atoms with van der Waals surface area (Å²) in [5, 5.41) is 8.50. The summed E-state index contributed by atoms with van der Waals surface area (Å²) >= 11 is 0. The van der Waals surface area contributed by atoms with Gasteiger partial charge < -0.3 is 9.73 Å². The summed E-state index contributed by atoms with van der Waals surface area (Å²) in [7, 11) is -2.51. The lowest BCUT2D eigenvalue weighted by molar-refractivity contribution is -0.125. The van der Waals surface area contributed by atoms with E-state index in [1.807, 2.05) is 6.92 Å². The molecule has 1 aromatic carbocycles. The Balaban J connectivity index is 1.90. The van der Waals surface area contributed by atoms with Crippen molar-refractivity contribution in [3.8, 4) is 0 Å². The van der Waals surface area contributed by atoms with E-state index in [2.05, 4.69) is 20.2 Å². The zero-order chi connectivity index (χ0) is 23.6. The number of aromatic amines is 1. The molecule has 0 bridgehead atoms. The minimum Gasteiger partial charge on any atom is -0.391 e. The van der Waals surface area contributed by atoms with Crippen molar-refractivity contribution in [2.75, 3.05) is 20.1 Å². The second-order valence-corrected chi connectivity index (χ2v) is 9.73. The van der Waals surface area contributed by atoms with Gasteiger partial charge in [-0.3, -0.25) is 4.79 Å². The predicted molar refractivity (Wildman–Crippen MR) is 115 cm³/mol. The van der Waals surface area contributed by atoms with Crippen molar-refractivity contribution < 1.29 is 22.0 Å². The highest BCUT2D eigenvalue weighted by Crippen LogP contribution is 2.35. The SMILES string of the molecule is CNC(=O)C1CCN(S(=O)(=O)N[C@H](c2n[nH]c(=O)o2)[C@@H](C)c2c(F)ccc(C)c2C)CC1. The number of carbonyl (C=O) groups is 1. The molecule has 0 unspecified atom stereocenters. The van der Waals surface area contributed by atoms with Crippen LogP contribution in [-0.2, 0) is 15.0 Å². The number of rotatable bonds is 7. The minimum absolute atomic E-state index is 0.120. The van der Waals surface area contributed by atoms with E-state index in [0.717, 1.165) is 5.56 Å². The Morgan fingerprint density at radius 1 is 1.31 bits per heavy atom. The zero-order valence-corrected chi connectivity index (χ0v) is 19.3. The first kappa shape index (κ1) is 24.1. The molecule has 0 spiro atoms. The topological polar surface area (TPSA) is 137 Å². The predicted octanol–water partition coefficient (Wildman–Crippen LogP) is 1.26. The van der Waals surface area contributed by atoms with Gasteiger partial charge in [0.15, 0.2) is 0 Å². The molecular weight excluding hydrogens is 441 g/mol. The Bertz CT molecular complexity index is 1140. The molecule has 32 heavy (non-hydrogen) atoms. The Labute approximate surface area is 185 Å². The standard InChI is InChI=1S/C20H28FN5O5S/c1-11-5-6-15(21)16(12(11)2)13(3)17(19-23-24-20(28)31-19)25-32(29,30)26-9-7-14(8-10-26)18(27)22-4/h5-6,13-14,17,25H,7-10H2,1-4H3,(H,22,27)(H,24,28)/t13-,17-/m0/s1. The Morgan fingerprint density at radius 3 is 2.53 bits per heavy atom. The first-order chi connectivity index (χ1) is 15.0. The minimum atomic E-state index is -4.05. The normalized spacial score (nSPS) is 17.8. The van der Waals surface area contributed by atoms with Crippen LogP contribution in [0.2, 0.25) is 0 Å². The van der Waals surface area contributed by atoms with Gasteiger partial charge in [0, 0.05) is 32.0 Å². The number of benzene rings is 1. The lowest BCUT2D eigenvalue weighted by Crippen LogP contribution is -2.48. The Hall–Kier alpha value is -2.57. The second-order valence-electron chi connectivity index (χ2n) is 8.03. The number of nitrogens with one attached hydrogen (secondary N) is 3. The van der Waals surface area contributed by atoms with Crippen molar-refractivity contribution in [2.45, 2.75) is 45.6 Å². The molecule has 0 saturated carbocycles. The highest BCUT2D eigenvalue weighted by molar-refractivity contribution is 7.87. The van der Waals surface area contributed by atoms with Crippen LogP contribution in [0, 0.1) is 25.6 Å². The monoisotopic (exact) mass is 469 g/mol. The van der Waals surface area contributed by atoms with Crippen LogP contribution in [0.5, 0.6) is 0 Å². The number of halogens is 1. The van der Waals surface area contributed by atoms with Crippen LogP contribution in [-0.4, -0.2) is 49.0 Å². The van der Waals surface area contributed by atoms with E-state index < -0.39 is 33.7 Å². The van der Waals surface area contributed by atoms with E-state index in [1.54, 1.807) is 27.0 Å². The van der Waals surface area contributed by atoms with Crippen molar-refractivity contribution >= 4 is 16.1 Å². The van der Waals surface area contributed by atoms with Crippen LogP contribution in [0.4, 0.5) is 4.39 Å². The molecule has 1 amide bonds. The third-order valence-electron chi connectivity index (χ3n) is 6.10. The number of aryl methyl sites for hydroxylation is 1. The lowest BCUT2D eigenvalue weighted by atomic mass is 9.88. The first-order valence-corrected chi connectivity index (χ1v) is 11.8. The van der Waals surface area contributed by atoms with E-state index in [9.17, 15) is 22.4 Å². The van der Waals surface area contributed by atoms with Crippen LogP contribution >= 0.6 is 0 Å². The number of carbonyl (C=O) groups excluding carboxylic acids is 1. The molecule has 1 aliphatic heterocycles. The maximum atomic E-state index is 14.8. The molecule has 3 N–H and O–H groups in total. The zero-order valence-electron chi connectivity index (χ0n) is 18.4. The van der Waals surface area contributed by atoms with Gasteiger partial charge in [0.2, 0.25) is 11.8 Å². The molecule has 176 valence electrons. The highest BCUT2D eigenvalue weighted by Gasteiger charge is 2.37. The quantitative estimate of drug-likeness (QED) is 0.558. The van der Waals surface area contributed by atoms with E-state index in [4.69, 9.17) is 4.42 Å². The molecule has 1 fully saturated rings. The third kappa shape index (κ3) is 4.92. The third-order valence-corrected chi connectivity index (χ3v) is 7.69. The van der Waals surface area contributed by atoms with Crippen molar-refractivity contribution in [3.63, 3.8) is 0 Å². The molecule has 2 aromatic rings. The molecule has 0 aliphatic carbocycles. The number of piperidine rings is 1. The summed E-state index contributed by atoms with van der Waals surface area (Å²) < 4.78 is 49.9. The fourth-order valence-electron chi connectivity index (χ4n) is 4.07. The van der Waals surface area contributed by atoms with Crippen molar-refractivity contribution in [1.82, 2.24) is 24.5 Å². The molecular formula is C20H28FN5O5S. The molecule has 1 aliphatic rings. The average Bonchev–Trinajstić information content (AvgIpc) is 3.20. The highest BCUT2D eigenvalue weighted by atomic mass is 32.2. The van der Waals surface area contributed by atoms with Gasteiger partial charge in [-0.25, -0.2) is 14.3 Å². The van der Waals surface area contributed by atoms with Crippen LogP contribution < -0.4 is 15.8 Å². The maximum absolute atomic E-state index is 14.8. The fraction of sp³-hybridized carbons (Fsp3) is 0.550. The van der Waals surface area contributed by atoms with Crippen molar-refractivity contribution in [1.29, 1.82) is 0 Å². The summed E-state index contributed by atoms with van der Waals surface area (Å²) in [6.45, 7) is 5.52. The molecule has 2 atom stereocenters. The van der Waals surface area contributed by atoms with E-state index in [1.165, 1.54) is 10.4 Å². The van der Waals surface area contributed by atoms with E-state index in [-0.39, 0.29) is 30.8 Å². The van der Waals surface area contributed by atoms with Crippen molar-refractivity contribution in [3.05, 3.63) is 51.1 Å².